The van der Waals surface area contributed by atoms with E-state index < -0.39 is 11.6 Å². The molecule has 1 aromatic carbocycles. The molecule has 7 heteroatoms. The first kappa shape index (κ1) is 21.5. The molecule has 3 aliphatic rings. The fourth-order valence-corrected chi connectivity index (χ4v) is 6.26. The van der Waals surface area contributed by atoms with E-state index in [1.165, 1.54) is 11.6 Å². The number of rotatable bonds is 2. The topological polar surface area (TPSA) is 81.4 Å². The quantitative estimate of drug-likeness (QED) is 0.451. The zero-order valence-corrected chi connectivity index (χ0v) is 19.8. The SMILES string of the molecule is CC[C@@]1(O)C(=O)OCc2c1cc1n(c2=O)Cc2c-1nc1cc(F)c(C)c3c1c2[C@@H](C(C)C)CC3. The summed E-state index contributed by atoms with van der Waals surface area (Å²) < 4.78 is 21.7. The monoisotopic (exact) mass is 462 g/mol. The number of aromatic nitrogens is 2. The van der Waals surface area contributed by atoms with Gasteiger partial charge in [0.2, 0.25) is 0 Å². The van der Waals surface area contributed by atoms with Gasteiger partial charge in [0, 0.05) is 22.6 Å². The fraction of sp³-hybridized carbons (Fsp3) is 0.444. The molecule has 1 N–H and O–H groups in total. The van der Waals surface area contributed by atoms with Gasteiger partial charge in [-0.3, -0.25) is 4.79 Å². The average Bonchev–Trinajstić information content (AvgIpc) is 3.18. The van der Waals surface area contributed by atoms with Gasteiger partial charge < -0.3 is 14.4 Å². The van der Waals surface area contributed by atoms with Crippen molar-refractivity contribution in [2.75, 3.05) is 0 Å². The third-order valence-electron chi connectivity index (χ3n) is 8.23. The van der Waals surface area contributed by atoms with E-state index in [1.54, 1.807) is 17.6 Å². The van der Waals surface area contributed by atoms with Gasteiger partial charge in [-0.2, -0.15) is 0 Å². The lowest BCUT2D eigenvalue weighted by Gasteiger charge is -2.31. The zero-order valence-electron chi connectivity index (χ0n) is 19.8. The molecule has 0 saturated heterocycles. The minimum absolute atomic E-state index is 0.0915. The van der Waals surface area contributed by atoms with Crippen molar-refractivity contribution < 1.29 is 19.0 Å². The van der Waals surface area contributed by atoms with E-state index in [4.69, 9.17) is 9.72 Å². The van der Waals surface area contributed by atoms with E-state index in [0.717, 1.165) is 29.4 Å². The number of nitrogens with zero attached hydrogens (tertiary/aromatic N) is 2. The van der Waals surface area contributed by atoms with Crippen LogP contribution in [0.3, 0.4) is 0 Å². The summed E-state index contributed by atoms with van der Waals surface area (Å²) in [5.74, 6) is -0.367. The highest BCUT2D eigenvalue weighted by Crippen LogP contribution is 2.48. The highest BCUT2D eigenvalue weighted by atomic mass is 19.1. The van der Waals surface area contributed by atoms with E-state index in [9.17, 15) is 19.1 Å². The number of ether oxygens (including phenoxy) is 1. The van der Waals surface area contributed by atoms with Crippen molar-refractivity contribution in [1.29, 1.82) is 0 Å². The molecule has 176 valence electrons. The molecule has 3 aromatic rings. The number of carbonyl (C=O) groups is 1. The van der Waals surface area contributed by atoms with Crippen molar-refractivity contribution in [2.45, 2.75) is 71.6 Å². The maximum Gasteiger partial charge on any atom is 0.343 e. The number of pyridine rings is 2. The van der Waals surface area contributed by atoms with Gasteiger partial charge in [-0.15, -0.1) is 0 Å². The lowest BCUT2D eigenvalue weighted by Crippen LogP contribution is -2.44. The number of esters is 1. The van der Waals surface area contributed by atoms with E-state index in [0.29, 0.717) is 46.1 Å². The summed E-state index contributed by atoms with van der Waals surface area (Å²) in [6.07, 6.45) is 1.81. The Labute approximate surface area is 196 Å². The van der Waals surface area contributed by atoms with Crippen LogP contribution in [-0.4, -0.2) is 20.6 Å². The number of hydrogen-bond donors (Lipinski definition) is 1. The fourth-order valence-electron chi connectivity index (χ4n) is 6.26. The summed E-state index contributed by atoms with van der Waals surface area (Å²) >= 11 is 0. The minimum atomic E-state index is -1.87. The Morgan fingerprint density at radius 2 is 2.03 bits per heavy atom. The molecule has 6 rings (SSSR count). The molecule has 4 heterocycles. The van der Waals surface area contributed by atoms with Crippen LogP contribution in [-0.2, 0) is 34.7 Å². The van der Waals surface area contributed by atoms with E-state index in [-0.39, 0.29) is 30.3 Å². The molecule has 0 saturated carbocycles. The van der Waals surface area contributed by atoms with Gasteiger partial charge in [-0.05, 0) is 60.8 Å². The van der Waals surface area contributed by atoms with E-state index in [2.05, 4.69) is 13.8 Å². The first-order valence-electron chi connectivity index (χ1n) is 12.0. The van der Waals surface area contributed by atoms with Crippen LogP contribution < -0.4 is 5.56 Å². The molecule has 0 bridgehead atoms. The molecule has 0 fully saturated rings. The maximum atomic E-state index is 14.9. The van der Waals surface area contributed by atoms with Crippen LogP contribution in [0.4, 0.5) is 4.39 Å². The number of aliphatic hydroxyl groups is 1. The first-order valence-corrected chi connectivity index (χ1v) is 12.0. The number of hydrogen-bond acceptors (Lipinski definition) is 5. The Hall–Kier alpha value is -3.06. The lowest BCUT2D eigenvalue weighted by molar-refractivity contribution is -0.172. The predicted molar refractivity (Wildman–Crippen MR) is 125 cm³/mol. The second-order valence-corrected chi connectivity index (χ2v) is 10.2. The molecule has 0 radical (unpaired) electrons. The Morgan fingerprint density at radius 3 is 2.74 bits per heavy atom. The molecule has 2 atom stereocenters. The zero-order chi connectivity index (χ0) is 24.1. The molecule has 6 nitrogen and oxygen atoms in total. The second-order valence-electron chi connectivity index (χ2n) is 10.2. The van der Waals surface area contributed by atoms with Gasteiger partial charge in [-0.25, -0.2) is 14.2 Å². The minimum Gasteiger partial charge on any atom is -0.458 e. The van der Waals surface area contributed by atoms with Crippen LogP contribution in [0.15, 0.2) is 16.9 Å². The van der Waals surface area contributed by atoms with Crippen molar-refractivity contribution in [3.63, 3.8) is 0 Å². The van der Waals surface area contributed by atoms with Crippen LogP contribution >= 0.6 is 0 Å². The molecule has 2 aliphatic heterocycles. The van der Waals surface area contributed by atoms with Gasteiger partial charge in [0.15, 0.2) is 5.60 Å². The third kappa shape index (κ3) is 2.56. The molecule has 0 spiro atoms. The second kappa shape index (κ2) is 6.98. The van der Waals surface area contributed by atoms with Gasteiger partial charge in [0.1, 0.15) is 12.4 Å². The predicted octanol–water partition coefficient (Wildman–Crippen LogP) is 4.21. The van der Waals surface area contributed by atoms with Crippen molar-refractivity contribution in [1.82, 2.24) is 9.55 Å². The Kier molecular flexibility index (Phi) is 4.41. The number of benzene rings is 1. The van der Waals surface area contributed by atoms with Gasteiger partial charge in [0.05, 0.1) is 29.0 Å². The summed E-state index contributed by atoms with van der Waals surface area (Å²) in [7, 11) is 0. The number of cyclic esters (lactones) is 1. The molecular formula is C27H27FN2O4. The molecular weight excluding hydrogens is 435 g/mol. The summed E-state index contributed by atoms with van der Waals surface area (Å²) in [4.78, 5) is 30.9. The largest absolute Gasteiger partial charge is 0.458 e. The number of aryl methyl sites for hydroxylation is 1. The molecule has 2 aromatic heterocycles. The lowest BCUT2D eigenvalue weighted by atomic mass is 9.74. The van der Waals surface area contributed by atoms with Crippen LogP contribution in [0.25, 0.3) is 22.3 Å². The van der Waals surface area contributed by atoms with Gasteiger partial charge >= 0.3 is 5.97 Å². The summed E-state index contributed by atoms with van der Waals surface area (Å²) in [5, 5.41) is 12.1. The van der Waals surface area contributed by atoms with Crippen LogP contribution in [0.2, 0.25) is 0 Å². The van der Waals surface area contributed by atoms with Crippen molar-refractivity contribution in [2.24, 2.45) is 5.92 Å². The van der Waals surface area contributed by atoms with Gasteiger partial charge in [0.25, 0.3) is 5.56 Å². The standard InChI is InChI=1S/C27H27FN2O4/c1-5-27(33)18-8-21-24-16(10-30(21)25(31)17(18)11-34-26(27)32)22-14(12(2)3)6-7-15-13(4)19(28)9-20(29-24)23(15)22/h8-9,12,14,33H,5-7,10-11H2,1-4H3/t14-,27+/m1/s1. The normalized spacial score (nSPS) is 22.6. The molecule has 0 amide bonds. The van der Waals surface area contributed by atoms with Crippen molar-refractivity contribution >= 4 is 16.9 Å². The molecule has 0 unspecified atom stereocenters. The molecule has 34 heavy (non-hydrogen) atoms. The van der Waals surface area contributed by atoms with Crippen LogP contribution in [0.5, 0.6) is 0 Å². The van der Waals surface area contributed by atoms with E-state index in [1.807, 2.05) is 6.92 Å². The van der Waals surface area contributed by atoms with E-state index >= 15 is 0 Å². The highest BCUT2D eigenvalue weighted by molar-refractivity contribution is 5.93. The Morgan fingerprint density at radius 1 is 1.26 bits per heavy atom. The Balaban J connectivity index is 1.70. The molecule has 1 aliphatic carbocycles. The third-order valence-corrected chi connectivity index (χ3v) is 8.23. The number of fused-ring (bicyclic) bond motifs is 5. The van der Waals surface area contributed by atoms with Gasteiger partial charge in [-0.1, -0.05) is 20.8 Å². The Bertz CT molecular complexity index is 1490. The van der Waals surface area contributed by atoms with Crippen LogP contribution in [0, 0.1) is 18.7 Å². The highest BCUT2D eigenvalue weighted by Gasteiger charge is 2.46. The van der Waals surface area contributed by atoms with Crippen LogP contribution in [0.1, 0.15) is 72.9 Å². The summed E-state index contributed by atoms with van der Waals surface area (Å²) in [6, 6.07) is 3.22. The maximum absolute atomic E-state index is 14.9. The van der Waals surface area contributed by atoms with Crippen molar-refractivity contribution in [3.05, 3.63) is 61.7 Å². The van der Waals surface area contributed by atoms with Crippen molar-refractivity contribution in [3.8, 4) is 11.4 Å². The smallest absolute Gasteiger partial charge is 0.343 e. The summed E-state index contributed by atoms with van der Waals surface area (Å²) in [5.41, 5.74) is 4.10. The number of halogens is 1. The number of carbonyl (C=O) groups excluding carboxylic acids is 1. The summed E-state index contributed by atoms with van der Waals surface area (Å²) in [6.45, 7) is 8.12. The average molecular weight is 463 g/mol. The first-order chi connectivity index (χ1) is 16.2.